The van der Waals surface area contributed by atoms with Crippen LogP contribution in [0.25, 0.3) is 6.08 Å². The van der Waals surface area contributed by atoms with E-state index >= 15 is 0 Å². The normalized spacial score (nSPS) is 12.3. The Labute approximate surface area is 205 Å². The zero-order chi connectivity index (χ0) is 25.3. The second kappa shape index (κ2) is 11.3. The maximum Gasteiger partial charge on any atom is 0.287 e. The highest BCUT2D eigenvalue weighted by atomic mass is 16.7. The monoisotopic (exact) mass is 486 g/mol. The molecule has 182 valence electrons. The van der Waals surface area contributed by atoms with Crippen molar-refractivity contribution in [3.8, 4) is 17.2 Å². The Morgan fingerprint density at radius 3 is 2.53 bits per heavy atom. The molecule has 3 aromatic carbocycles. The molecule has 1 heterocycles. The molecular formula is C26H20N3O7-. The third-order valence-electron chi connectivity index (χ3n) is 4.87. The fourth-order valence-electron chi connectivity index (χ4n) is 3.19. The molecule has 36 heavy (non-hydrogen) atoms. The van der Waals surface area contributed by atoms with Gasteiger partial charge in [-0.3, -0.25) is 9.59 Å². The van der Waals surface area contributed by atoms with Crippen molar-refractivity contribution in [2.24, 2.45) is 5.10 Å². The number of hydrazone groups is 1. The molecule has 0 bridgehead atoms. The summed E-state index contributed by atoms with van der Waals surface area (Å²) in [6.45, 7) is -0.533. The summed E-state index contributed by atoms with van der Waals surface area (Å²) in [5, 5.41) is 17.2. The van der Waals surface area contributed by atoms with Crippen LogP contribution in [0.4, 0.5) is 0 Å². The summed E-state index contributed by atoms with van der Waals surface area (Å²) in [6.07, 6.45) is 2.77. The number of carbonyl (C=O) groups is 3. The van der Waals surface area contributed by atoms with Gasteiger partial charge in [0.05, 0.1) is 12.2 Å². The maximum absolute atomic E-state index is 13.0. The number of hydrogen-bond donors (Lipinski definition) is 2. The van der Waals surface area contributed by atoms with E-state index < -0.39 is 24.4 Å². The first-order valence-corrected chi connectivity index (χ1v) is 10.7. The van der Waals surface area contributed by atoms with Crippen molar-refractivity contribution in [3.63, 3.8) is 0 Å². The lowest BCUT2D eigenvalue weighted by Gasteiger charge is -2.10. The quantitative estimate of drug-likeness (QED) is 0.265. The van der Waals surface area contributed by atoms with E-state index in [9.17, 15) is 19.5 Å². The lowest BCUT2D eigenvalue weighted by molar-refractivity contribution is -0.307. The minimum Gasteiger partial charge on any atom is -0.546 e. The fourth-order valence-corrected chi connectivity index (χ4v) is 3.19. The molecule has 3 aromatic rings. The molecule has 0 aromatic heterocycles. The molecule has 0 aliphatic carbocycles. The van der Waals surface area contributed by atoms with Gasteiger partial charge in [-0.2, -0.15) is 5.10 Å². The maximum atomic E-state index is 13.0. The first-order valence-electron chi connectivity index (χ1n) is 10.7. The predicted molar refractivity (Wildman–Crippen MR) is 127 cm³/mol. The molecule has 0 saturated heterocycles. The summed E-state index contributed by atoms with van der Waals surface area (Å²) in [6, 6.07) is 20.0. The molecular weight excluding hydrogens is 466 g/mol. The van der Waals surface area contributed by atoms with Crippen LogP contribution < -0.4 is 30.1 Å². The predicted octanol–water partition coefficient (Wildman–Crippen LogP) is 1.47. The van der Waals surface area contributed by atoms with Crippen LogP contribution in [0.2, 0.25) is 0 Å². The molecule has 0 saturated carbocycles. The second-order valence-corrected chi connectivity index (χ2v) is 7.39. The standard InChI is InChI=1S/C26H21N3O7/c30-24(31)15-34-21-9-5-4-8-19(21)14-27-29-26(33)20(28-25(32)18-6-2-1-3-7-18)12-17-10-11-22-23(13-17)36-16-35-22/h1-14H,15-16H2,(H,28,32)(H,29,33)(H,30,31)/p-1/b20-12+,27-14?. The van der Waals surface area contributed by atoms with Crippen molar-refractivity contribution in [1.29, 1.82) is 0 Å². The SMILES string of the molecule is O=C([O-])COc1ccccc1C=NNC(=O)/C(=C\c1ccc2c(c1)OCO2)NC(=O)c1ccccc1. The van der Waals surface area contributed by atoms with Crippen molar-refractivity contribution >= 4 is 30.1 Å². The number of carboxylic acid groups (broad SMARTS) is 1. The lowest BCUT2D eigenvalue weighted by atomic mass is 10.1. The first kappa shape index (κ1) is 24.0. The van der Waals surface area contributed by atoms with Crippen LogP contribution >= 0.6 is 0 Å². The summed E-state index contributed by atoms with van der Waals surface area (Å²) in [7, 11) is 0. The fraction of sp³-hybridized carbons (Fsp3) is 0.0769. The average Bonchev–Trinajstić information content (AvgIpc) is 3.36. The Morgan fingerprint density at radius 2 is 1.72 bits per heavy atom. The van der Waals surface area contributed by atoms with Crippen molar-refractivity contribution in [3.05, 3.63) is 95.2 Å². The van der Waals surface area contributed by atoms with Gasteiger partial charge >= 0.3 is 0 Å². The van der Waals surface area contributed by atoms with E-state index in [0.717, 1.165) is 0 Å². The van der Waals surface area contributed by atoms with Gasteiger partial charge in [-0.1, -0.05) is 36.4 Å². The van der Waals surface area contributed by atoms with Crippen molar-refractivity contribution in [2.45, 2.75) is 0 Å². The van der Waals surface area contributed by atoms with E-state index in [2.05, 4.69) is 15.8 Å². The number of aliphatic carboxylic acids is 1. The molecule has 10 nitrogen and oxygen atoms in total. The first-order chi connectivity index (χ1) is 17.5. The number of nitrogens with zero attached hydrogens (tertiary/aromatic N) is 1. The number of amides is 2. The van der Waals surface area contributed by atoms with E-state index in [0.29, 0.717) is 28.2 Å². The summed E-state index contributed by atoms with van der Waals surface area (Å²) in [5.74, 6) is -1.21. The van der Waals surface area contributed by atoms with Crippen LogP contribution in [0, 0.1) is 0 Å². The number of fused-ring (bicyclic) bond motifs is 1. The van der Waals surface area contributed by atoms with Crippen molar-refractivity contribution in [1.82, 2.24) is 10.7 Å². The Morgan fingerprint density at radius 1 is 0.972 bits per heavy atom. The minimum atomic E-state index is -1.37. The van der Waals surface area contributed by atoms with E-state index in [1.54, 1.807) is 72.8 Å². The van der Waals surface area contributed by atoms with Gasteiger partial charge in [-0.15, -0.1) is 0 Å². The summed E-state index contributed by atoms with van der Waals surface area (Å²) in [4.78, 5) is 36.4. The number of carbonyl (C=O) groups excluding carboxylic acids is 3. The molecule has 1 aliphatic heterocycles. The largest absolute Gasteiger partial charge is 0.546 e. The molecule has 0 spiro atoms. The Hall–Kier alpha value is -5.12. The van der Waals surface area contributed by atoms with E-state index in [-0.39, 0.29) is 18.2 Å². The number of rotatable bonds is 9. The highest BCUT2D eigenvalue weighted by Crippen LogP contribution is 2.33. The summed E-state index contributed by atoms with van der Waals surface area (Å²) >= 11 is 0. The molecule has 4 rings (SSSR count). The van der Waals surface area contributed by atoms with Gasteiger partial charge in [-0.05, 0) is 48.0 Å². The van der Waals surface area contributed by atoms with E-state index in [1.807, 2.05) is 0 Å². The number of benzene rings is 3. The molecule has 0 atom stereocenters. The van der Waals surface area contributed by atoms with Crippen molar-refractivity contribution < 1.29 is 33.7 Å². The van der Waals surface area contributed by atoms with E-state index in [1.165, 1.54) is 12.3 Å². The van der Waals surface area contributed by atoms with Crippen LogP contribution in [0.15, 0.2) is 83.6 Å². The zero-order valence-electron chi connectivity index (χ0n) is 18.8. The van der Waals surface area contributed by atoms with Crippen LogP contribution in [-0.2, 0) is 9.59 Å². The molecule has 1 aliphatic rings. The summed E-state index contributed by atoms with van der Waals surface area (Å²) < 4.78 is 15.8. The smallest absolute Gasteiger partial charge is 0.287 e. The Bertz CT molecular complexity index is 1340. The zero-order valence-corrected chi connectivity index (χ0v) is 18.8. The van der Waals surface area contributed by atoms with Gasteiger partial charge in [0.1, 0.15) is 18.1 Å². The molecule has 10 heteroatoms. The second-order valence-electron chi connectivity index (χ2n) is 7.39. The van der Waals surface area contributed by atoms with Gasteiger partial charge in [0.25, 0.3) is 11.8 Å². The van der Waals surface area contributed by atoms with Gasteiger partial charge in [-0.25, -0.2) is 5.43 Å². The number of nitrogens with one attached hydrogen (secondary N) is 2. The number of hydrogen-bond acceptors (Lipinski definition) is 8. The minimum absolute atomic E-state index is 0.0682. The number of para-hydroxylation sites is 1. The Kier molecular flexibility index (Phi) is 7.57. The molecule has 0 unspecified atom stereocenters. The lowest BCUT2D eigenvalue weighted by Crippen LogP contribution is -2.32. The number of carboxylic acids is 1. The van der Waals surface area contributed by atoms with Crippen LogP contribution in [0.1, 0.15) is 21.5 Å². The van der Waals surface area contributed by atoms with E-state index in [4.69, 9.17) is 14.2 Å². The summed E-state index contributed by atoms with van der Waals surface area (Å²) in [5.41, 5.74) is 3.67. The van der Waals surface area contributed by atoms with Gasteiger partial charge in [0, 0.05) is 11.1 Å². The van der Waals surface area contributed by atoms with Gasteiger partial charge in [0.15, 0.2) is 11.5 Å². The molecule has 2 N–H and O–H groups in total. The van der Waals surface area contributed by atoms with Gasteiger partial charge in [0.2, 0.25) is 6.79 Å². The topological polar surface area (TPSA) is 138 Å². The third-order valence-corrected chi connectivity index (χ3v) is 4.87. The number of ether oxygens (including phenoxy) is 3. The highest BCUT2D eigenvalue weighted by molar-refractivity contribution is 6.05. The highest BCUT2D eigenvalue weighted by Gasteiger charge is 2.17. The third kappa shape index (κ3) is 6.26. The Balaban J connectivity index is 1.54. The van der Waals surface area contributed by atoms with Crippen LogP contribution in [0.5, 0.6) is 17.2 Å². The van der Waals surface area contributed by atoms with Crippen LogP contribution in [-0.4, -0.2) is 37.4 Å². The molecule has 0 radical (unpaired) electrons. The van der Waals surface area contributed by atoms with Crippen LogP contribution in [0.3, 0.4) is 0 Å². The molecule has 2 amide bonds. The average molecular weight is 486 g/mol. The molecule has 0 fully saturated rings. The van der Waals surface area contributed by atoms with Gasteiger partial charge < -0.3 is 29.4 Å². The van der Waals surface area contributed by atoms with Crippen molar-refractivity contribution in [2.75, 3.05) is 13.4 Å².